The van der Waals surface area contributed by atoms with Crippen LogP contribution in [0.2, 0.25) is 0 Å². The average molecular weight is 244 g/mol. The quantitative estimate of drug-likeness (QED) is 0.851. The molecule has 0 bridgehead atoms. The summed E-state index contributed by atoms with van der Waals surface area (Å²) >= 11 is 0. The predicted molar refractivity (Wildman–Crippen MR) is 74.7 cm³/mol. The fraction of sp³-hybridized carbons (Fsp3) is 0.400. The predicted octanol–water partition coefficient (Wildman–Crippen LogP) is 3.33. The number of rotatable bonds is 4. The lowest BCUT2D eigenvalue weighted by Crippen LogP contribution is -2.33. The van der Waals surface area contributed by atoms with Crippen molar-refractivity contribution in [1.82, 2.24) is 10.3 Å². The molecule has 1 aromatic carbocycles. The molecule has 2 rings (SSSR count). The van der Waals surface area contributed by atoms with E-state index in [1.54, 1.807) is 0 Å². The molecule has 1 aromatic heterocycles. The lowest BCUT2D eigenvalue weighted by atomic mass is 10.1. The number of nitrogens with one attached hydrogen (secondary N) is 2. The Hall–Kier alpha value is -1.77. The number of amides is 1. The Balaban J connectivity index is 2.09. The van der Waals surface area contributed by atoms with Gasteiger partial charge in [0.05, 0.1) is 0 Å². The lowest BCUT2D eigenvalue weighted by molar-refractivity contribution is 0.0932. The molecular formula is C15H20N2O. The smallest absolute Gasteiger partial charge is 0.267 e. The van der Waals surface area contributed by atoms with Gasteiger partial charge in [0.15, 0.2) is 0 Å². The first-order valence-electron chi connectivity index (χ1n) is 6.45. The van der Waals surface area contributed by atoms with Crippen LogP contribution in [0.3, 0.4) is 0 Å². The molecule has 0 aliphatic carbocycles. The molecule has 0 spiro atoms. The van der Waals surface area contributed by atoms with Crippen molar-refractivity contribution < 1.29 is 4.79 Å². The third-order valence-corrected chi connectivity index (χ3v) is 2.98. The van der Waals surface area contributed by atoms with Gasteiger partial charge < -0.3 is 10.3 Å². The highest BCUT2D eigenvalue weighted by atomic mass is 16.1. The summed E-state index contributed by atoms with van der Waals surface area (Å²) in [6, 6.07) is 10.0. The summed E-state index contributed by atoms with van der Waals surface area (Å²) in [4.78, 5) is 15.2. The van der Waals surface area contributed by atoms with Crippen molar-refractivity contribution in [2.45, 2.75) is 33.2 Å². The Morgan fingerprint density at radius 2 is 2.00 bits per heavy atom. The van der Waals surface area contributed by atoms with Crippen molar-refractivity contribution >= 4 is 16.8 Å². The number of carbonyl (C=O) groups excluding carboxylic acids is 1. The zero-order valence-electron chi connectivity index (χ0n) is 11.2. The van der Waals surface area contributed by atoms with Crippen molar-refractivity contribution in [1.29, 1.82) is 0 Å². The lowest BCUT2D eigenvalue weighted by Gasteiger charge is -2.15. The Morgan fingerprint density at radius 3 is 2.67 bits per heavy atom. The number of para-hydroxylation sites is 1. The first-order chi connectivity index (χ1) is 8.56. The topological polar surface area (TPSA) is 44.9 Å². The molecule has 18 heavy (non-hydrogen) atoms. The molecule has 2 N–H and O–H groups in total. The Kier molecular flexibility index (Phi) is 3.70. The number of hydrogen-bond donors (Lipinski definition) is 2. The van der Waals surface area contributed by atoms with E-state index in [1.807, 2.05) is 37.3 Å². The van der Waals surface area contributed by atoms with E-state index in [0.29, 0.717) is 11.6 Å². The van der Waals surface area contributed by atoms with E-state index >= 15 is 0 Å². The number of H-pyrrole nitrogens is 1. The fourth-order valence-corrected chi connectivity index (χ4v) is 2.26. The summed E-state index contributed by atoms with van der Waals surface area (Å²) in [5.41, 5.74) is 1.63. The first-order valence-corrected chi connectivity index (χ1v) is 6.45. The summed E-state index contributed by atoms with van der Waals surface area (Å²) < 4.78 is 0. The number of hydrogen-bond acceptors (Lipinski definition) is 1. The Labute approximate surface area is 108 Å². The van der Waals surface area contributed by atoms with Crippen molar-refractivity contribution in [2.75, 3.05) is 0 Å². The summed E-state index contributed by atoms with van der Waals surface area (Å²) in [5.74, 6) is 0.558. The number of carbonyl (C=O) groups is 1. The zero-order valence-corrected chi connectivity index (χ0v) is 11.2. The number of aromatic nitrogens is 1. The zero-order chi connectivity index (χ0) is 13.1. The van der Waals surface area contributed by atoms with Crippen LogP contribution in [0.25, 0.3) is 10.9 Å². The molecule has 0 aliphatic rings. The van der Waals surface area contributed by atoms with Gasteiger partial charge in [0, 0.05) is 16.9 Å². The van der Waals surface area contributed by atoms with Gasteiger partial charge in [-0.05, 0) is 31.4 Å². The second-order valence-corrected chi connectivity index (χ2v) is 5.27. The molecule has 1 heterocycles. The number of aromatic amines is 1. The molecule has 1 amide bonds. The molecule has 0 saturated heterocycles. The van der Waals surface area contributed by atoms with Crippen LogP contribution in [0, 0.1) is 5.92 Å². The maximum atomic E-state index is 12.1. The van der Waals surface area contributed by atoms with Crippen molar-refractivity contribution in [3.05, 3.63) is 36.0 Å². The average Bonchev–Trinajstić information content (AvgIpc) is 2.71. The van der Waals surface area contributed by atoms with Crippen LogP contribution < -0.4 is 5.32 Å². The third kappa shape index (κ3) is 2.92. The third-order valence-electron chi connectivity index (χ3n) is 2.98. The van der Waals surface area contributed by atoms with Crippen LogP contribution >= 0.6 is 0 Å². The molecule has 3 heteroatoms. The summed E-state index contributed by atoms with van der Waals surface area (Å²) in [5, 5.41) is 4.09. The van der Waals surface area contributed by atoms with E-state index < -0.39 is 0 Å². The molecule has 2 aromatic rings. The van der Waals surface area contributed by atoms with Gasteiger partial charge in [-0.2, -0.15) is 0 Å². The maximum Gasteiger partial charge on any atom is 0.267 e. The number of benzene rings is 1. The summed E-state index contributed by atoms with van der Waals surface area (Å²) in [6.45, 7) is 6.36. The maximum absolute atomic E-state index is 12.1. The van der Waals surface area contributed by atoms with Gasteiger partial charge in [-0.15, -0.1) is 0 Å². The minimum absolute atomic E-state index is 0.0284. The largest absolute Gasteiger partial charge is 0.351 e. The van der Waals surface area contributed by atoms with Crippen LogP contribution in [-0.4, -0.2) is 16.9 Å². The molecule has 0 fully saturated rings. The Bertz CT molecular complexity index is 509. The molecule has 3 nitrogen and oxygen atoms in total. The highest BCUT2D eigenvalue weighted by Gasteiger charge is 2.12. The van der Waals surface area contributed by atoms with Crippen LogP contribution in [-0.2, 0) is 0 Å². The van der Waals surface area contributed by atoms with E-state index in [9.17, 15) is 4.79 Å². The van der Waals surface area contributed by atoms with Gasteiger partial charge in [-0.3, -0.25) is 4.79 Å². The highest BCUT2D eigenvalue weighted by molar-refractivity contribution is 5.98. The van der Waals surface area contributed by atoms with Gasteiger partial charge in [-0.25, -0.2) is 0 Å². The SMILES string of the molecule is CC(C)CC(C)NC(=O)c1cc2ccccc2[nH]1. The minimum Gasteiger partial charge on any atom is -0.351 e. The van der Waals surface area contributed by atoms with Crippen molar-refractivity contribution in [3.8, 4) is 0 Å². The van der Waals surface area contributed by atoms with Gasteiger partial charge in [0.2, 0.25) is 0 Å². The monoisotopic (exact) mass is 244 g/mol. The van der Waals surface area contributed by atoms with Crippen LogP contribution in [0.1, 0.15) is 37.7 Å². The van der Waals surface area contributed by atoms with E-state index in [4.69, 9.17) is 0 Å². The summed E-state index contributed by atoms with van der Waals surface area (Å²) in [7, 11) is 0. The fourth-order valence-electron chi connectivity index (χ4n) is 2.26. The van der Waals surface area contributed by atoms with E-state index in [0.717, 1.165) is 17.3 Å². The van der Waals surface area contributed by atoms with E-state index in [-0.39, 0.29) is 11.9 Å². The van der Waals surface area contributed by atoms with Crippen molar-refractivity contribution in [3.63, 3.8) is 0 Å². The molecule has 0 radical (unpaired) electrons. The first kappa shape index (κ1) is 12.7. The van der Waals surface area contributed by atoms with E-state index in [1.165, 1.54) is 0 Å². The number of fused-ring (bicyclic) bond motifs is 1. The summed E-state index contributed by atoms with van der Waals surface area (Å²) in [6.07, 6.45) is 0.992. The second-order valence-electron chi connectivity index (χ2n) is 5.27. The molecule has 96 valence electrons. The molecule has 0 aliphatic heterocycles. The van der Waals surface area contributed by atoms with Gasteiger partial charge >= 0.3 is 0 Å². The molecule has 1 atom stereocenters. The normalized spacial score (nSPS) is 12.9. The molecular weight excluding hydrogens is 224 g/mol. The second kappa shape index (κ2) is 5.25. The van der Waals surface area contributed by atoms with E-state index in [2.05, 4.69) is 24.1 Å². The molecule has 1 unspecified atom stereocenters. The molecule has 0 saturated carbocycles. The van der Waals surface area contributed by atoms with Gasteiger partial charge in [-0.1, -0.05) is 32.0 Å². The van der Waals surface area contributed by atoms with Crippen LogP contribution in [0.15, 0.2) is 30.3 Å². The van der Waals surface area contributed by atoms with Gasteiger partial charge in [0.1, 0.15) is 5.69 Å². The highest BCUT2D eigenvalue weighted by Crippen LogP contribution is 2.15. The van der Waals surface area contributed by atoms with Gasteiger partial charge in [0.25, 0.3) is 5.91 Å². The Morgan fingerprint density at radius 1 is 1.28 bits per heavy atom. The van der Waals surface area contributed by atoms with Crippen LogP contribution in [0.5, 0.6) is 0 Å². The minimum atomic E-state index is -0.0284. The van der Waals surface area contributed by atoms with Crippen molar-refractivity contribution in [2.24, 2.45) is 5.92 Å². The standard InChI is InChI=1S/C15H20N2O/c1-10(2)8-11(3)16-15(18)14-9-12-6-4-5-7-13(12)17-14/h4-7,9-11,17H,8H2,1-3H3,(H,16,18). The van der Waals surface area contributed by atoms with Crippen LogP contribution in [0.4, 0.5) is 0 Å².